The Morgan fingerprint density at radius 3 is 2.33 bits per heavy atom. The molecule has 0 aromatic carbocycles. The van der Waals surface area contributed by atoms with Crippen LogP contribution in [0.1, 0.15) is 39.5 Å². The van der Waals surface area contributed by atoms with E-state index in [1.807, 2.05) is 6.92 Å². The van der Waals surface area contributed by atoms with Gasteiger partial charge in [-0.25, -0.2) is 0 Å². The van der Waals surface area contributed by atoms with Gasteiger partial charge in [0.05, 0.1) is 7.37 Å². The van der Waals surface area contributed by atoms with Gasteiger partial charge in [-0.3, -0.25) is 4.79 Å². The second-order valence-electron chi connectivity index (χ2n) is 2.85. The zero-order valence-electron chi connectivity index (χ0n) is 7.71. The van der Waals surface area contributed by atoms with E-state index < -0.39 is 12.9 Å². The molecule has 0 aromatic heterocycles. The van der Waals surface area contributed by atoms with E-state index in [-0.39, 0.29) is 12.6 Å². The van der Waals surface area contributed by atoms with Crippen molar-refractivity contribution < 1.29 is 14.3 Å². The molecule has 0 saturated carbocycles. The van der Waals surface area contributed by atoms with Crippen LogP contribution in [0.4, 0.5) is 0 Å². The molecule has 0 aliphatic rings. The Balaban J connectivity index is 3.88. The first-order valence-corrected chi connectivity index (χ1v) is 6.19. The molecule has 0 radical (unpaired) electrons. The number of hydrogen-bond acceptors (Lipinski definition) is 3. The minimum atomic E-state index is -3.70. The predicted molar refractivity (Wildman–Crippen MR) is 47.3 cm³/mol. The molecular formula is C8H16O3P-. The quantitative estimate of drug-likeness (QED) is 0.474. The fraction of sp³-hybridized carbons (Fsp3) is 0.875. The van der Waals surface area contributed by atoms with E-state index in [1.54, 1.807) is 6.92 Å². The van der Waals surface area contributed by atoms with Crippen molar-refractivity contribution in [3.8, 4) is 0 Å². The van der Waals surface area contributed by atoms with Crippen molar-refractivity contribution in [2.24, 2.45) is 0 Å². The molecule has 4 heteroatoms. The number of hydrogen-bond donors (Lipinski definition) is 0. The molecule has 3 nitrogen and oxygen atoms in total. The summed E-state index contributed by atoms with van der Waals surface area (Å²) >= 11 is 0. The van der Waals surface area contributed by atoms with Crippen LogP contribution in [0.5, 0.6) is 0 Å². The van der Waals surface area contributed by atoms with Crippen molar-refractivity contribution in [2.45, 2.75) is 39.5 Å². The molecule has 12 heavy (non-hydrogen) atoms. The summed E-state index contributed by atoms with van der Waals surface area (Å²) < 4.78 is 11.1. The van der Waals surface area contributed by atoms with E-state index in [2.05, 4.69) is 0 Å². The lowest BCUT2D eigenvalue weighted by Gasteiger charge is -2.20. The van der Waals surface area contributed by atoms with E-state index >= 15 is 0 Å². The molecule has 0 fully saturated rings. The van der Waals surface area contributed by atoms with Crippen LogP contribution in [-0.2, 0) is 9.36 Å². The van der Waals surface area contributed by atoms with Crippen LogP contribution >= 0.6 is 7.37 Å². The van der Waals surface area contributed by atoms with Crippen LogP contribution in [-0.4, -0.2) is 11.7 Å². The lowest BCUT2D eigenvalue weighted by Crippen LogP contribution is -2.13. The molecule has 0 spiro atoms. The van der Waals surface area contributed by atoms with E-state index in [4.69, 9.17) is 0 Å². The highest BCUT2D eigenvalue weighted by atomic mass is 31.2. The van der Waals surface area contributed by atoms with Gasteiger partial charge in [0.2, 0.25) is 0 Å². The van der Waals surface area contributed by atoms with E-state index in [9.17, 15) is 14.3 Å². The highest BCUT2D eigenvalue weighted by Crippen LogP contribution is 2.38. The fourth-order valence-electron chi connectivity index (χ4n) is 0.936. The van der Waals surface area contributed by atoms with Crippen LogP contribution in [0.25, 0.3) is 0 Å². The van der Waals surface area contributed by atoms with Crippen molar-refractivity contribution in [3.05, 3.63) is 0 Å². The van der Waals surface area contributed by atoms with Gasteiger partial charge in [-0.2, -0.15) is 0 Å². The summed E-state index contributed by atoms with van der Waals surface area (Å²) in [5, 5.41) is 0. The first-order chi connectivity index (χ1) is 5.54. The van der Waals surface area contributed by atoms with Gasteiger partial charge in [-0.15, -0.1) is 0 Å². The summed E-state index contributed by atoms with van der Waals surface area (Å²) in [7, 11) is -3.70. The van der Waals surface area contributed by atoms with Crippen molar-refractivity contribution in [2.75, 3.05) is 6.16 Å². The summed E-state index contributed by atoms with van der Waals surface area (Å²) in [6.45, 7) is 3.57. The summed E-state index contributed by atoms with van der Waals surface area (Å²) in [5.74, 6) is 0. The minimum absolute atomic E-state index is 0.0491. The second-order valence-corrected chi connectivity index (χ2v) is 5.14. The Hall–Kier alpha value is -0.140. The molecule has 0 N–H and O–H groups in total. The number of carbonyl (C=O) groups excluding carboxylic acids is 1. The highest BCUT2D eigenvalue weighted by molar-refractivity contribution is 7.74. The lowest BCUT2D eigenvalue weighted by atomic mass is 10.3. The van der Waals surface area contributed by atoms with Gasteiger partial charge in [-0.1, -0.05) is 26.7 Å². The lowest BCUT2D eigenvalue weighted by molar-refractivity contribution is -0.179. The summed E-state index contributed by atoms with van der Waals surface area (Å²) in [6, 6.07) is 0. The number of unbranched alkanes of at least 4 members (excludes halogenated alkanes) is 2. The normalized spacial score (nSPS) is 15.6. The van der Waals surface area contributed by atoms with Crippen LogP contribution in [0.15, 0.2) is 0 Å². The number of carbonyl (C=O) groups is 1. The van der Waals surface area contributed by atoms with E-state index in [0.717, 1.165) is 12.8 Å². The van der Waals surface area contributed by atoms with Gasteiger partial charge >= 0.3 is 0 Å². The predicted octanol–water partition coefficient (Wildman–Crippen LogP) is 1.75. The molecule has 0 aliphatic heterocycles. The van der Waals surface area contributed by atoms with Crippen molar-refractivity contribution in [3.63, 3.8) is 0 Å². The number of rotatable bonds is 6. The Bertz CT molecular complexity index is 189. The molecule has 0 saturated heterocycles. The molecule has 0 heterocycles. The molecule has 0 bridgehead atoms. The first-order valence-electron chi connectivity index (χ1n) is 4.38. The third kappa shape index (κ3) is 4.03. The molecular weight excluding hydrogens is 175 g/mol. The Labute approximate surface area is 73.6 Å². The Morgan fingerprint density at radius 2 is 1.92 bits per heavy atom. The third-order valence-corrected chi connectivity index (χ3v) is 3.72. The van der Waals surface area contributed by atoms with E-state index in [0.29, 0.717) is 6.42 Å². The third-order valence-electron chi connectivity index (χ3n) is 1.74. The van der Waals surface area contributed by atoms with E-state index in [1.165, 1.54) is 0 Å². The topological polar surface area (TPSA) is 57.2 Å². The highest BCUT2D eigenvalue weighted by Gasteiger charge is 2.15. The molecule has 0 amide bonds. The van der Waals surface area contributed by atoms with Gasteiger partial charge in [0.1, 0.15) is 0 Å². The zero-order chi connectivity index (χ0) is 9.61. The van der Waals surface area contributed by atoms with Gasteiger partial charge < -0.3 is 9.46 Å². The minimum Gasteiger partial charge on any atom is -0.794 e. The molecule has 0 aliphatic carbocycles. The molecule has 1 unspecified atom stereocenters. The van der Waals surface area contributed by atoms with Gasteiger partial charge in [0.15, 0.2) is 5.52 Å². The Morgan fingerprint density at radius 1 is 1.33 bits per heavy atom. The maximum Gasteiger partial charge on any atom is 0.177 e. The molecule has 0 aromatic rings. The maximum atomic E-state index is 11.1. The largest absolute Gasteiger partial charge is 0.794 e. The van der Waals surface area contributed by atoms with Gasteiger partial charge in [-0.05, 0) is 12.6 Å². The zero-order valence-corrected chi connectivity index (χ0v) is 8.60. The van der Waals surface area contributed by atoms with Crippen LogP contribution in [0.3, 0.4) is 0 Å². The monoisotopic (exact) mass is 191 g/mol. The average molecular weight is 191 g/mol. The second kappa shape index (κ2) is 5.50. The molecule has 1 atom stereocenters. The maximum absolute atomic E-state index is 11.1. The summed E-state index contributed by atoms with van der Waals surface area (Å²) in [4.78, 5) is 22.0. The average Bonchev–Trinajstić information content (AvgIpc) is 2.03. The van der Waals surface area contributed by atoms with Crippen LogP contribution in [0.2, 0.25) is 0 Å². The summed E-state index contributed by atoms with van der Waals surface area (Å²) in [5.41, 5.74) is -0.599. The summed E-state index contributed by atoms with van der Waals surface area (Å²) in [6.07, 6.45) is 2.62. The molecule has 0 rings (SSSR count). The van der Waals surface area contributed by atoms with Crippen molar-refractivity contribution >= 4 is 12.9 Å². The SMILES string of the molecule is CCCCCP(=O)([O-])C(=O)CC. The van der Waals surface area contributed by atoms with Crippen LogP contribution in [0, 0.1) is 0 Å². The van der Waals surface area contributed by atoms with Crippen LogP contribution < -0.4 is 4.89 Å². The standard InChI is InChI=1S/C8H17O3P/c1-3-5-6-7-12(10,11)8(9)4-2/h3-7H2,1-2H3,(H,10,11)/p-1. The smallest absolute Gasteiger partial charge is 0.177 e. The van der Waals surface area contributed by atoms with Gasteiger partial charge in [0.25, 0.3) is 0 Å². The first kappa shape index (κ1) is 11.9. The fourth-order valence-corrected chi connectivity index (χ4v) is 2.31. The van der Waals surface area contributed by atoms with Gasteiger partial charge in [0, 0.05) is 6.42 Å². The van der Waals surface area contributed by atoms with Crippen molar-refractivity contribution in [1.29, 1.82) is 0 Å². The Kier molecular flexibility index (Phi) is 5.43. The van der Waals surface area contributed by atoms with Crippen molar-refractivity contribution in [1.82, 2.24) is 0 Å². The molecule has 72 valence electrons.